The summed E-state index contributed by atoms with van der Waals surface area (Å²) < 4.78 is 27.0. The molecule has 3 nitrogen and oxygen atoms in total. The number of fused-ring (bicyclic) bond motifs is 1. The molecule has 106 valence electrons. The lowest BCUT2D eigenvalue weighted by Crippen LogP contribution is -2.29. The highest BCUT2D eigenvalue weighted by Crippen LogP contribution is 2.26. The normalized spacial score (nSPS) is 12.5. The highest BCUT2D eigenvalue weighted by Gasteiger charge is 2.17. The van der Waals surface area contributed by atoms with Crippen molar-refractivity contribution < 1.29 is 8.78 Å². The van der Waals surface area contributed by atoms with Crippen molar-refractivity contribution in [1.82, 2.24) is 10.4 Å². The maximum absolute atomic E-state index is 13.9. The molecular weight excluding hydrogens is 272 g/mol. The van der Waals surface area contributed by atoms with Gasteiger partial charge < -0.3 is 0 Å². The van der Waals surface area contributed by atoms with Crippen molar-refractivity contribution in [3.8, 4) is 0 Å². The number of hydrogen-bond donors (Lipinski definition) is 2. The van der Waals surface area contributed by atoms with E-state index in [0.29, 0.717) is 0 Å². The van der Waals surface area contributed by atoms with Gasteiger partial charge in [-0.25, -0.2) is 14.2 Å². The fourth-order valence-electron chi connectivity index (χ4n) is 2.36. The summed E-state index contributed by atoms with van der Waals surface area (Å²) >= 11 is 0. The first-order valence-corrected chi connectivity index (χ1v) is 6.45. The van der Waals surface area contributed by atoms with E-state index in [1.165, 1.54) is 12.1 Å². The first-order chi connectivity index (χ1) is 10.2. The zero-order valence-electron chi connectivity index (χ0n) is 11.1. The molecule has 0 aliphatic heterocycles. The van der Waals surface area contributed by atoms with Gasteiger partial charge in [0.05, 0.1) is 11.6 Å². The number of rotatable bonds is 3. The molecule has 0 spiro atoms. The summed E-state index contributed by atoms with van der Waals surface area (Å²) in [5, 5.41) is 0.983. The van der Waals surface area contributed by atoms with E-state index in [1.54, 1.807) is 6.20 Å². The number of hydrazine groups is 1. The second-order valence-electron chi connectivity index (χ2n) is 4.72. The van der Waals surface area contributed by atoms with E-state index in [1.807, 2.05) is 30.3 Å². The van der Waals surface area contributed by atoms with Crippen LogP contribution in [0.5, 0.6) is 0 Å². The van der Waals surface area contributed by atoms with Crippen molar-refractivity contribution in [3.05, 3.63) is 77.5 Å². The average molecular weight is 285 g/mol. The van der Waals surface area contributed by atoms with E-state index in [0.717, 1.165) is 22.5 Å². The maximum Gasteiger partial charge on any atom is 0.131 e. The van der Waals surface area contributed by atoms with E-state index in [2.05, 4.69) is 10.4 Å². The van der Waals surface area contributed by atoms with Crippen LogP contribution in [0.2, 0.25) is 0 Å². The summed E-state index contributed by atoms with van der Waals surface area (Å²) in [6.45, 7) is 0. The van der Waals surface area contributed by atoms with Gasteiger partial charge in [0.25, 0.3) is 0 Å². The number of benzene rings is 2. The fraction of sp³-hybridized carbons (Fsp3) is 0.0625. The van der Waals surface area contributed by atoms with Crippen LogP contribution in [0.1, 0.15) is 17.2 Å². The second kappa shape index (κ2) is 5.55. The van der Waals surface area contributed by atoms with E-state index in [4.69, 9.17) is 5.84 Å². The lowest BCUT2D eigenvalue weighted by Gasteiger charge is -2.18. The van der Waals surface area contributed by atoms with Crippen LogP contribution in [0.15, 0.2) is 54.7 Å². The zero-order valence-corrected chi connectivity index (χ0v) is 11.1. The van der Waals surface area contributed by atoms with Crippen molar-refractivity contribution in [2.75, 3.05) is 0 Å². The van der Waals surface area contributed by atoms with E-state index < -0.39 is 17.7 Å². The molecule has 2 aromatic carbocycles. The topological polar surface area (TPSA) is 50.9 Å². The minimum atomic E-state index is -0.640. The molecule has 1 atom stereocenters. The molecule has 0 fully saturated rings. The third-order valence-electron chi connectivity index (χ3n) is 3.40. The van der Waals surface area contributed by atoms with Gasteiger partial charge in [-0.1, -0.05) is 24.3 Å². The first-order valence-electron chi connectivity index (χ1n) is 6.45. The van der Waals surface area contributed by atoms with Crippen molar-refractivity contribution in [2.24, 2.45) is 5.84 Å². The summed E-state index contributed by atoms with van der Waals surface area (Å²) in [4.78, 5) is 4.27. The fourth-order valence-corrected chi connectivity index (χ4v) is 2.36. The molecule has 3 N–H and O–H groups in total. The molecular formula is C16H13F2N3. The Morgan fingerprint density at radius 2 is 1.90 bits per heavy atom. The van der Waals surface area contributed by atoms with Gasteiger partial charge >= 0.3 is 0 Å². The molecule has 0 amide bonds. The molecule has 5 heteroatoms. The predicted octanol–water partition coefficient (Wildman–Crippen LogP) is 3.07. The summed E-state index contributed by atoms with van der Waals surface area (Å²) in [6, 6.07) is 12.2. The zero-order chi connectivity index (χ0) is 14.8. The van der Waals surface area contributed by atoms with Crippen molar-refractivity contribution in [1.29, 1.82) is 0 Å². The number of hydrogen-bond acceptors (Lipinski definition) is 3. The lowest BCUT2D eigenvalue weighted by molar-refractivity contribution is 0.541. The van der Waals surface area contributed by atoms with Gasteiger partial charge in [-0.2, -0.15) is 0 Å². The predicted molar refractivity (Wildman–Crippen MR) is 77.3 cm³/mol. The van der Waals surface area contributed by atoms with Crippen LogP contribution >= 0.6 is 0 Å². The molecule has 0 saturated heterocycles. The van der Waals surface area contributed by atoms with Crippen LogP contribution in [0, 0.1) is 11.6 Å². The number of pyridine rings is 1. The lowest BCUT2D eigenvalue weighted by atomic mass is 9.97. The Kier molecular flexibility index (Phi) is 3.60. The van der Waals surface area contributed by atoms with Crippen molar-refractivity contribution in [2.45, 2.75) is 6.04 Å². The molecule has 0 aliphatic carbocycles. The summed E-state index contributed by atoms with van der Waals surface area (Å²) in [6.07, 6.45) is 1.69. The molecule has 3 rings (SSSR count). The van der Waals surface area contributed by atoms with Crippen LogP contribution < -0.4 is 11.3 Å². The van der Waals surface area contributed by atoms with Crippen LogP contribution in [0.4, 0.5) is 8.78 Å². The van der Waals surface area contributed by atoms with Gasteiger partial charge in [0, 0.05) is 23.2 Å². The summed E-state index contributed by atoms with van der Waals surface area (Å²) in [5.41, 5.74) is 4.40. The SMILES string of the molecule is NNC(c1ccc2cccnc2c1)c1ccc(F)cc1F. The van der Waals surface area contributed by atoms with Gasteiger partial charge in [-0.3, -0.25) is 10.8 Å². The van der Waals surface area contributed by atoms with Crippen LogP contribution in [-0.2, 0) is 0 Å². The van der Waals surface area contributed by atoms with Crippen LogP contribution in [0.25, 0.3) is 10.9 Å². The largest absolute Gasteiger partial charge is 0.271 e. The molecule has 21 heavy (non-hydrogen) atoms. The van der Waals surface area contributed by atoms with E-state index >= 15 is 0 Å². The van der Waals surface area contributed by atoms with E-state index in [-0.39, 0.29) is 5.56 Å². The highest BCUT2D eigenvalue weighted by atomic mass is 19.1. The number of aromatic nitrogens is 1. The van der Waals surface area contributed by atoms with Crippen molar-refractivity contribution in [3.63, 3.8) is 0 Å². The third-order valence-corrected chi connectivity index (χ3v) is 3.40. The Hall–Kier alpha value is -2.37. The Balaban J connectivity index is 2.09. The standard InChI is InChI=1S/C16H13F2N3/c17-12-5-6-13(14(18)9-12)16(21-19)11-4-3-10-2-1-7-20-15(10)8-11/h1-9,16,21H,19H2. The minimum Gasteiger partial charge on any atom is -0.271 e. The van der Waals surface area contributed by atoms with E-state index in [9.17, 15) is 8.78 Å². The Labute approximate surface area is 120 Å². The molecule has 1 heterocycles. The Morgan fingerprint density at radius 1 is 1.05 bits per heavy atom. The molecule has 1 aromatic heterocycles. The summed E-state index contributed by atoms with van der Waals surface area (Å²) in [5.74, 6) is 4.30. The average Bonchev–Trinajstić information content (AvgIpc) is 2.50. The minimum absolute atomic E-state index is 0.286. The molecule has 0 radical (unpaired) electrons. The maximum atomic E-state index is 13.9. The van der Waals surface area contributed by atoms with Gasteiger partial charge in [-0.15, -0.1) is 0 Å². The Bertz CT molecular complexity index is 789. The summed E-state index contributed by atoms with van der Waals surface area (Å²) in [7, 11) is 0. The van der Waals surface area contributed by atoms with Crippen LogP contribution in [0.3, 0.4) is 0 Å². The monoisotopic (exact) mass is 285 g/mol. The highest BCUT2D eigenvalue weighted by molar-refractivity contribution is 5.79. The van der Waals surface area contributed by atoms with Crippen LogP contribution in [-0.4, -0.2) is 4.98 Å². The molecule has 1 unspecified atom stereocenters. The number of nitrogens with two attached hydrogens (primary N) is 1. The van der Waals surface area contributed by atoms with Gasteiger partial charge in [0.15, 0.2) is 0 Å². The second-order valence-corrected chi connectivity index (χ2v) is 4.72. The van der Waals surface area contributed by atoms with Crippen molar-refractivity contribution >= 4 is 10.9 Å². The van der Waals surface area contributed by atoms with Gasteiger partial charge in [0.1, 0.15) is 11.6 Å². The molecule has 3 aromatic rings. The molecule has 0 bridgehead atoms. The third kappa shape index (κ3) is 2.61. The first kappa shape index (κ1) is 13.6. The number of nitrogens with zero attached hydrogens (tertiary/aromatic N) is 1. The molecule has 0 aliphatic rings. The Morgan fingerprint density at radius 3 is 2.67 bits per heavy atom. The number of nitrogens with one attached hydrogen (secondary N) is 1. The number of halogens is 2. The quantitative estimate of drug-likeness (QED) is 0.574. The smallest absolute Gasteiger partial charge is 0.131 e. The van der Waals surface area contributed by atoms with Gasteiger partial charge in [-0.05, 0) is 23.8 Å². The molecule has 0 saturated carbocycles. The van der Waals surface area contributed by atoms with Gasteiger partial charge in [0.2, 0.25) is 0 Å².